The number of carboxylic acids is 2. The number of benzene rings is 5. The molecule has 5 aromatic rings. The van der Waals surface area contributed by atoms with E-state index in [0.717, 1.165) is 55.6 Å². The molecular formula is C54H66O6. The topological polar surface area (TPSA) is 115 Å². The first-order valence-electron chi connectivity index (χ1n) is 21.0. The van der Waals surface area contributed by atoms with Crippen LogP contribution in [0.4, 0.5) is 0 Å². The van der Waals surface area contributed by atoms with Gasteiger partial charge in [0.1, 0.15) is 11.5 Å². The Morgan fingerprint density at radius 3 is 1.02 bits per heavy atom. The third-order valence-corrected chi connectivity index (χ3v) is 11.7. The van der Waals surface area contributed by atoms with Crippen molar-refractivity contribution in [2.45, 2.75) is 145 Å². The minimum atomic E-state index is -1.18. The lowest BCUT2D eigenvalue weighted by molar-refractivity contribution is 0.0682. The van der Waals surface area contributed by atoms with E-state index in [1.54, 1.807) is 0 Å². The van der Waals surface area contributed by atoms with Gasteiger partial charge >= 0.3 is 11.9 Å². The number of aromatic hydroxyl groups is 2. The van der Waals surface area contributed by atoms with Crippen molar-refractivity contribution < 1.29 is 30.0 Å². The van der Waals surface area contributed by atoms with Crippen LogP contribution >= 0.6 is 0 Å². The number of phenolic OH excluding ortho intramolecular Hbond substituents is 2. The molecule has 0 aliphatic rings. The maximum atomic E-state index is 13.7. The zero-order valence-electron chi connectivity index (χ0n) is 38.8. The van der Waals surface area contributed by atoms with E-state index in [4.69, 9.17) is 0 Å². The average molecular weight is 811 g/mol. The summed E-state index contributed by atoms with van der Waals surface area (Å²) in [5, 5.41) is 46.2. The molecular weight excluding hydrogens is 745 g/mol. The van der Waals surface area contributed by atoms with Crippen LogP contribution in [0, 0.1) is 27.7 Å². The standard InChI is InChI=1S/C54H66O6/c1-29-23-35(47(55)39(25-29)51(5,6)7)27-33-19-17-31(3)45(53(11,12)13)41(33)43-37(49(57)58)21-22-38(50(59)60)44(43)42-34(20-18-32(4)46(42)54(14,15)16)28-36-24-30(2)26-40(48(36)56)52(8,9)10/h17-26,55-56H,27-28H2,1-16H3,(H,57,58)(H,59,60). The lowest BCUT2D eigenvalue weighted by Gasteiger charge is -2.33. The highest BCUT2D eigenvalue weighted by Gasteiger charge is 2.35. The van der Waals surface area contributed by atoms with Gasteiger partial charge in [0, 0.05) is 24.0 Å². The van der Waals surface area contributed by atoms with Gasteiger partial charge in [-0.1, -0.05) is 143 Å². The van der Waals surface area contributed by atoms with Crippen LogP contribution < -0.4 is 0 Å². The third kappa shape index (κ3) is 8.89. The zero-order chi connectivity index (χ0) is 45.2. The van der Waals surface area contributed by atoms with Crippen molar-refractivity contribution in [3.8, 4) is 33.8 Å². The Labute approximate surface area is 358 Å². The zero-order valence-corrected chi connectivity index (χ0v) is 38.8. The van der Waals surface area contributed by atoms with E-state index in [0.29, 0.717) is 33.4 Å². The predicted octanol–water partition coefficient (Wildman–Crippen LogP) is 13.4. The first kappa shape index (κ1) is 45.7. The van der Waals surface area contributed by atoms with E-state index in [9.17, 15) is 30.0 Å². The molecule has 0 radical (unpaired) electrons. The number of hydrogen-bond acceptors (Lipinski definition) is 4. The second-order valence-corrected chi connectivity index (χ2v) is 21.1. The Hall–Kier alpha value is -5.36. The molecule has 0 fully saturated rings. The van der Waals surface area contributed by atoms with Crippen molar-refractivity contribution in [2.75, 3.05) is 0 Å². The molecule has 0 amide bonds. The lowest BCUT2D eigenvalue weighted by atomic mass is 9.70. The summed E-state index contributed by atoms with van der Waals surface area (Å²) in [6.07, 6.45) is 0.537. The minimum absolute atomic E-state index is 0.0167. The van der Waals surface area contributed by atoms with Gasteiger partial charge in [-0.2, -0.15) is 0 Å². The molecule has 0 aromatic heterocycles. The van der Waals surface area contributed by atoms with Crippen LogP contribution in [0.1, 0.15) is 171 Å². The van der Waals surface area contributed by atoms with E-state index >= 15 is 0 Å². The number of carboxylic acid groups (broad SMARTS) is 2. The quantitative estimate of drug-likeness (QED) is 0.124. The van der Waals surface area contributed by atoms with Crippen LogP contribution in [-0.4, -0.2) is 32.4 Å². The molecule has 60 heavy (non-hydrogen) atoms. The van der Waals surface area contributed by atoms with E-state index in [1.165, 1.54) is 12.1 Å². The molecule has 6 nitrogen and oxygen atoms in total. The maximum Gasteiger partial charge on any atom is 0.336 e. The summed E-state index contributed by atoms with van der Waals surface area (Å²) in [4.78, 5) is 27.5. The third-order valence-electron chi connectivity index (χ3n) is 11.7. The molecule has 318 valence electrons. The molecule has 0 saturated heterocycles. The molecule has 6 heteroatoms. The molecule has 0 saturated carbocycles. The van der Waals surface area contributed by atoms with E-state index in [2.05, 4.69) is 83.1 Å². The van der Waals surface area contributed by atoms with Crippen molar-refractivity contribution in [3.05, 3.63) is 139 Å². The summed E-state index contributed by atoms with van der Waals surface area (Å²) in [6, 6.07) is 18.9. The van der Waals surface area contributed by atoms with Crippen LogP contribution in [0.15, 0.2) is 60.7 Å². The summed E-state index contributed by atoms with van der Waals surface area (Å²) in [5.41, 5.74) is 10.4. The van der Waals surface area contributed by atoms with Gasteiger partial charge in [-0.3, -0.25) is 0 Å². The van der Waals surface area contributed by atoms with Crippen LogP contribution in [0.25, 0.3) is 22.3 Å². The van der Waals surface area contributed by atoms with Crippen LogP contribution in [0.5, 0.6) is 11.5 Å². The van der Waals surface area contributed by atoms with Gasteiger partial charge in [0.15, 0.2) is 0 Å². The summed E-state index contributed by atoms with van der Waals surface area (Å²) < 4.78 is 0. The molecule has 0 spiro atoms. The Kier molecular flexibility index (Phi) is 12.1. The highest BCUT2D eigenvalue weighted by atomic mass is 16.4. The highest BCUT2D eigenvalue weighted by Crippen LogP contribution is 2.50. The van der Waals surface area contributed by atoms with Crippen molar-refractivity contribution in [2.24, 2.45) is 0 Å². The molecule has 0 heterocycles. The lowest BCUT2D eigenvalue weighted by Crippen LogP contribution is -2.20. The van der Waals surface area contributed by atoms with Gasteiger partial charge in [-0.05, 0) is 128 Å². The smallest absolute Gasteiger partial charge is 0.336 e. The maximum absolute atomic E-state index is 13.7. The van der Waals surface area contributed by atoms with Gasteiger partial charge in [-0.15, -0.1) is 0 Å². The van der Waals surface area contributed by atoms with Gasteiger partial charge in [0.2, 0.25) is 0 Å². The summed E-state index contributed by atoms with van der Waals surface area (Å²) >= 11 is 0. The first-order chi connectivity index (χ1) is 27.4. The van der Waals surface area contributed by atoms with Gasteiger partial charge < -0.3 is 20.4 Å². The Balaban J connectivity index is 2.07. The number of carbonyl (C=O) groups is 2. The number of aryl methyl sites for hydroxylation is 4. The monoisotopic (exact) mass is 810 g/mol. The molecule has 0 aliphatic heterocycles. The first-order valence-corrected chi connectivity index (χ1v) is 21.0. The molecule has 0 unspecified atom stereocenters. The van der Waals surface area contributed by atoms with E-state index in [1.807, 2.05) is 76.2 Å². The SMILES string of the molecule is Cc1cc(Cc2ccc(C)c(C(C)(C)C)c2-c2c(C(=O)O)ccc(C(=O)O)c2-c2c(Cc3cc(C)cc(C(C)(C)C)c3O)ccc(C)c2C(C)(C)C)c(O)c(C(C)(C)C)c1. The number of aromatic carboxylic acids is 2. The van der Waals surface area contributed by atoms with Gasteiger partial charge in [0.25, 0.3) is 0 Å². The molecule has 0 atom stereocenters. The average Bonchev–Trinajstić information content (AvgIpc) is 3.09. The summed E-state index contributed by atoms with van der Waals surface area (Å²) in [7, 11) is 0. The second-order valence-electron chi connectivity index (χ2n) is 21.1. The largest absolute Gasteiger partial charge is 0.507 e. The van der Waals surface area contributed by atoms with Gasteiger partial charge in [-0.25, -0.2) is 9.59 Å². The Morgan fingerprint density at radius 1 is 0.433 bits per heavy atom. The van der Waals surface area contributed by atoms with Crippen molar-refractivity contribution in [1.82, 2.24) is 0 Å². The number of phenols is 2. The molecule has 0 bridgehead atoms. The molecule has 5 aromatic carbocycles. The van der Waals surface area contributed by atoms with E-state index < -0.39 is 22.8 Å². The summed E-state index contributed by atoms with van der Waals surface area (Å²) in [5.74, 6) is -1.97. The van der Waals surface area contributed by atoms with Crippen molar-refractivity contribution in [3.63, 3.8) is 0 Å². The minimum Gasteiger partial charge on any atom is -0.507 e. The van der Waals surface area contributed by atoms with Gasteiger partial charge in [0.05, 0.1) is 11.1 Å². The number of rotatable bonds is 8. The Bertz CT molecular complexity index is 2350. The normalized spacial score (nSPS) is 12.5. The van der Waals surface area contributed by atoms with Crippen LogP contribution in [-0.2, 0) is 34.5 Å². The second kappa shape index (κ2) is 15.9. The predicted molar refractivity (Wildman–Crippen MR) is 247 cm³/mol. The fraction of sp³-hybridized carbons (Fsp3) is 0.407. The van der Waals surface area contributed by atoms with Crippen LogP contribution in [0.3, 0.4) is 0 Å². The Morgan fingerprint density at radius 2 is 0.750 bits per heavy atom. The molecule has 5 rings (SSSR count). The number of hydrogen-bond donors (Lipinski definition) is 4. The summed E-state index contributed by atoms with van der Waals surface area (Å²) in [6.45, 7) is 33.0. The van der Waals surface area contributed by atoms with E-state index in [-0.39, 0.29) is 46.3 Å². The molecule has 0 aliphatic carbocycles. The molecule has 4 N–H and O–H groups in total. The fourth-order valence-corrected chi connectivity index (χ4v) is 9.31. The van der Waals surface area contributed by atoms with Crippen molar-refractivity contribution in [1.29, 1.82) is 0 Å². The van der Waals surface area contributed by atoms with Crippen molar-refractivity contribution >= 4 is 11.9 Å². The highest BCUT2D eigenvalue weighted by molar-refractivity contribution is 6.10. The fourth-order valence-electron chi connectivity index (χ4n) is 9.31. The van der Waals surface area contributed by atoms with Crippen LogP contribution in [0.2, 0.25) is 0 Å².